The van der Waals surface area contributed by atoms with Crippen molar-refractivity contribution in [3.05, 3.63) is 29.8 Å². The first-order valence-corrected chi connectivity index (χ1v) is 8.76. The summed E-state index contributed by atoms with van der Waals surface area (Å²) in [7, 11) is 1.35. The summed E-state index contributed by atoms with van der Waals surface area (Å²) in [6.45, 7) is 6.76. The van der Waals surface area contributed by atoms with Gasteiger partial charge >= 0.3 is 5.97 Å². The molecule has 0 aliphatic carbocycles. The topological polar surface area (TPSA) is 88.7 Å². The van der Waals surface area contributed by atoms with Gasteiger partial charge in [0.15, 0.2) is 11.7 Å². The van der Waals surface area contributed by atoms with E-state index in [4.69, 9.17) is 17.0 Å². The number of thiocarbonyl (C=S) groups is 1. The number of rotatable bonds is 7. The maximum atomic E-state index is 11.8. The first-order chi connectivity index (χ1) is 12.2. The summed E-state index contributed by atoms with van der Waals surface area (Å²) in [5.41, 5.74) is 6.28. The molecule has 7 nitrogen and oxygen atoms in total. The van der Waals surface area contributed by atoms with E-state index in [2.05, 4.69) is 41.7 Å². The summed E-state index contributed by atoms with van der Waals surface area (Å²) in [4.78, 5) is 22.7. The third kappa shape index (κ3) is 8.66. The Hall–Kier alpha value is -2.35. The highest BCUT2D eigenvalue weighted by Crippen LogP contribution is 2.24. The van der Waals surface area contributed by atoms with E-state index in [1.54, 1.807) is 0 Å². The number of nitrogens with one attached hydrogen (secondary N) is 3. The zero-order valence-corrected chi connectivity index (χ0v) is 16.5. The monoisotopic (exact) mass is 381 g/mol. The van der Waals surface area contributed by atoms with Gasteiger partial charge in [-0.1, -0.05) is 32.9 Å². The molecular weight excluding hydrogens is 354 g/mol. The molecule has 144 valence electrons. The molecule has 0 spiro atoms. The molecule has 0 radical (unpaired) electrons. The van der Waals surface area contributed by atoms with E-state index in [0.717, 1.165) is 0 Å². The number of esters is 1. The predicted octanol–water partition coefficient (Wildman–Crippen LogP) is 1.81. The van der Waals surface area contributed by atoms with Gasteiger partial charge in [-0.05, 0) is 41.7 Å². The van der Waals surface area contributed by atoms with Crippen LogP contribution in [0, 0.1) is 0 Å². The van der Waals surface area contributed by atoms with E-state index in [1.165, 1.54) is 12.7 Å². The van der Waals surface area contributed by atoms with Crippen molar-refractivity contribution in [1.82, 2.24) is 16.2 Å². The number of amides is 1. The second-order valence-corrected chi connectivity index (χ2v) is 7.08. The fraction of sp³-hybridized carbons (Fsp3) is 0.500. The van der Waals surface area contributed by atoms with Crippen LogP contribution in [0.25, 0.3) is 0 Å². The van der Waals surface area contributed by atoms with Gasteiger partial charge in [0.25, 0.3) is 5.91 Å². The minimum atomic E-state index is -0.358. The quantitative estimate of drug-likeness (QED) is 0.287. The molecule has 0 aromatic heterocycles. The van der Waals surface area contributed by atoms with Gasteiger partial charge in [0.1, 0.15) is 5.75 Å². The molecule has 0 heterocycles. The smallest absolute Gasteiger partial charge is 0.305 e. The summed E-state index contributed by atoms with van der Waals surface area (Å²) >= 11 is 5.01. The van der Waals surface area contributed by atoms with Gasteiger partial charge < -0.3 is 14.8 Å². The highest BCUT2D eigenvalue weighted by atomic mass is 32.1. The van der Waals surface area contributed by atoms with Crippen molar-refractivity contribution in [1.29, 1.82) is 0 Å². The second kappa shape index (κ2) is 10.6. The van der Waals surface area contributed by atoms with Crippen LogP contribution in [0.1, 0.15) is 39.2 Å². The number of hydrogen-bond acceptors (Lipinski definition) is 5. The molecule has 1 aromatic rings. The lowest BCUT2D eigenvalue weighted by atomic mass is 9.87. The number of carbonyl (C=O) groups is 2. The Balaban J connectivity index is 2.22. The molecule has 3 N–H and O–H groups in total. The van der Waals surface area contributed by atoms with Crippen LogP contribution < -0.4 is 20.9 Å². The van der Waals surface area contributed by atoms with Crippen molar-refractivity contribution in [2.75, 3.05) is 20.3 Å². The molecule has 1 aromatic carbocycles. The van der Waals surface area contributed by atoms with Crippen LogP contribution in [-0.2, 0) is 19.7 Å². The number of ether oxygens (including phenoxy) is 2. The van der Waals surface area contributed by atoms with Gasteiger partial charge in [0.2, 0.25) is 0 Å². The molecule has 0 aliphatic heterocycles. The van der Waals surface area contributed by atoms with Crippen molar-refractivity contribution in [3.8, 4) is 5.75 Å². The van der Waals surface area contributed by atoms with E-state index in [0.29, 0.717) is 25.1 Å². The van der Waals surface area contributed by atoms with E-state index >= 15 is 0 Å². The number of hydrazine groups is 1. The average molecular weight is 381 g/mol. The number of carbonyl (C=O) groups excluding carboxylic acids is 2. The van der Waals surface area contributed by atoms with Crippen LogP contribution in [0.2, 0.25) is 0 Å². The first kappa shape index (κ1) is 21.7. The molecule has 0 fully saturated rings. The van der Waals surface area contributed by atoms with Crippen LogP contribution in [0.5, 0.6) is 5.75 Å². The van der Waals surface area contributed by atoms with Crippen LogP contribution in [-0.4, -0.2) is 37.3 Å². The average Bonchev–Trinajstić information content (AvgIpc) is 2.61. The number of hydrogen-bond donors (Lipinski definition) is 3. The molecule has 1 amide bonds. The van der Waals surface area contributed by atoms with Gasteiger partial charge in [0, 0.05) is 13.0 Å². The normalized spacial score (nSPS) is 10.6. The molecule has 8 heteroatoms. The first-order valence-electron chi connectivity index (χ1n) is 8.35. The number of benzene rings is 1. The zero-order valence-electron chi connectivity index (χ0n) is 15.7. The Morgan fingerprint density at radius 1 is 1.12 bits per heavy atom. The maximum Gasteiger partial charge on any atom is 0.305 e. The van der Waals surface area contributed by atoms with Crippen LogP contribution in [0.4, 0.5) is 0 Å². The molecule has 0 bridgehead atoms. The largest absolute Gasteiger partial charge is 0.484 e. The van der Waals surface area contributed by atoms with Crippen molar-refractivity contribution in [3.63, 3.8) is 0 Å². The molecule has 0 unspecified atom stereocenters. The Kier molecular flexibility index (Phi) is 8.84. The van der Waals surface area contributed by atoms with Crippen molar-refractivity contribution in [2.45, 2.75) is 39.0 Å². The van der Waals surface area contributed by atoms with Gasteiger partial charge in [-0.15, -0.1) is 0 Å². The molecule has 26 heavy (non-hydrogen) atoms. The lowest BCUT2D eigenvalue weighted by molar-refractivity contribution is -0.140. The standard InChI is InChI=1S/C18H27N3O4S/c1-18(2,3)13-7-9-14(10-8-13)25-12-15(22)20-21-17(26)19-11-5-6-16(23)24-4/h7-10H,5-6,11-12H2,1-4H3,(H,20,22)(H2,19,21,26). The minimum absolute atomic E-state index is 0.0688. The Morgan fingerprint density at radius 2 is 1.77 bits per heavy atom. The van der Waals surface area contributed by atoms with E-state index in [-0.39, 0.29) is 29.0 Å². The van der Waals surface area contributed by atoms with E-state index < -0.39 is 0 Å². The molecular formula is C18H27N3O4S. The summed E-state index contributed by atoms with van der Waals surface area (Å²) in [5, 5.41) is 3.13. The van der Waals surface area contributed by atoms with Crippen LogP contribution in [0.3, 0.4) is 0 Å². The summed E-state index contributed by atoms with van der Waals surface area (Å²) in [6, 6.07) is 7.65. The zero-order chi connectivity index (χ0) is 19.6. The highest BCUT2D eigenvalue weighted by Gasteiger charge is 2.13. The Morgan fingerprint density at radius 3 is 2.35 bits per heavy atom. The molecule has 0 saturated carbocycles. The lowest BCUT2D eigenvalue weighted by Gasteiger charge is -2.19. The maximum absolute atomic E-state index is 11.8. The third-order valence-corrected chi connectivity index (χ3v) is 3.72. The highest BCUT2D eigenvalue weighted by molar-refractivity contribution is 7.80. The Bertz CT molecular complexity index is 612. The fourth-order valence-corrected chi connectivity index (χ4v) is 2.10. The van der Waals surface area contributed by atoms with Crippen molar-refractivity contribution < 1.29 is 19.1 Å². The van der Waals surface area contributed by atoms with Gasteiger partial charge in [0.05, 0.1) is 7.11 Å². The third-order valence-electron chi connectivity index (χ3n) is 3.48. The van der Waals surface area contributed by atoms with Crippen LogP contribution >= 0.6 is 12.2 Å². The van der Waals surface area contributed by atoms with Crippen molar-refractivity contribution in [2.24, 2.45) is 0 Å². The van der Waals surface area contributed by atoms with Crippen molar-refractivity contribution >= 4 is 29.2 Å². The molecule has 1 rings (SSSR count). The van der Waals surface area contributed by atoms with Crippen LogP contribution in [0.15, 0.2) is 24.3 Å². The molecule has 0 saturated heterocycles. The summed E-state index contributed by atoms with van der Waals surface area (Å²) < 4.78 is 9.97. The summed E-state index contributed by atoms with van der Waals surface area (Å²) in [6.07, 6.45) is 0.885. The van der Waals surface area contributed by atoms with Gasteiger partial charge in [-0.3, -0.25) is 20.4 Å². The summed E-state index contributed by atoms with van der Waals surface area (Å²) in [5.74, 6) is -0.00747. The number of methoxy groups -OCH3 is 1. The van der Waals surface area contributed by atoms with Gasteiger partial charge in [-0.2, -0.15) is 0 Å². The lowest BCUT2D eigenvalue weighted by Crippen LogP contribution is -2.48. The van der Waals surface area contributed by atoms with E-state index in [9.17, 15) is 9.59 Å². The molecule has 0 atom stereocenters. The fourth-order valence-electron chi connectivity index (χ4n) is 1.94. The molecule has 0 aliphatic rings. The minimum Gasteiger partial charge on any atom is -0.484 e. The Labute approximate surface area is 159 Å². The second-order valence-electron chi connectivity index (χ2n) is 6.67. The van der Waals surface area contributed by atoms with Gasteiger partial charge in [-0.25, -0.2) is 0 Å². The SMILES string of the molecule is COC(=O)CCCNC(=S)NNC(=O)COc1ccc(C(C)(C)C)cc1. The van der Waals surface area contributed by atoms with E-state index in [1.807, 2.05) is 24.3 Å². The predicted molar refractivity (Wildman–Crippen MR) is 104 cm³/mol.